The Bertz CT molecular complexity index is 667. The van der Waals surface area contributed by atoms with Gasteiger partial charge in [0.2, 0.25) is 0 Å². The molecular formula is C16H11NO2. The molecule has 0 aliphatic heterocycles. The molecule has 0 aromatic heterocycles. The molecule has 19 heavy (non-hydrogen) atoms. The Hall–Kier alpha value is -2.86. The molecule has 2 aromatic carbocycles. The molecule has 1 N–H and O–H groups in total. The molecule has 0 bridgehead atoms. The molecule has 0 saturated heterocycles. The van der Waals surface area contributed by atoms with Crippen molar-refractivity contribution in [1.29, 1.82) is 5.26 Å². The standard InChI is InChI=1S/C16H11NO2/c17-11-13(10-12-6-2-1-3-7-12)14-8-4-5-9-15(14)16(18)19/h1-10H,(H,18,19)/b13-10-. The predicted octanol–water partition coefficient (Wildman–Crippen LogP) is 3.45. The van der Waals surface area contributed by atoms with Crippen molar-refractivity contribution < 1.29 is 9.90 Å². The smallest absolute Gasteiger partial charge is 0.336 e. The fraction of sp³-hybridized carbons (Fsp3) is 0. The first kappa shape index (κ1) is 12.6. The Morgan fingerprint density at radius 1 is 1.00 bits per heavy atom. The summed E-state index contributed by atoms with van der Waals surface area (Å²) in [6.45, 7) is 0. The minimum absolute atomic E-state index is 0.131. The van der Waals surface area contributed by atoms with E-state index in [4.69, 9.17) is 5.11 Å². The van der Waals surface area contributed by atoms with Crippen LogP contribution in [0.25, 0.3) is 11.6 Å². The maximum atomic E-state index is 11.2. The first-order valence-corrected chi connectivity index (χ1v) is 5.72. The highest BCUT2D eigenvalue weighted by atomic mass is 16.4. The summed E-state index contributed by atoms with van der Waals surface area (Å²) in [6.07, 6.45) is 1.68. The molecule has 2 rings (SSSR count). The van der Waals surface area contributed by atoms with E-state index in [2.05, 4.69) is 6.07 Å². The number of carboxylic acids is 1. The second-order valence-corrected chi connectivity index (χ2v) is 3.93. The second kappa shape index (κ2) is 5.65. The van der Waals surface area contributed by atoms with Crippen molar-refractivity contribution in [3.8, 4) is 6.07 Å². The number of nitriles is 1. The van der Waals surface area contributed by atoms with Crippen LogP contribution >= 0.6 is 0 Å². The summed E-state index contributed by atoms with van der Waals surface area (Å²) in [6, 6.07) is 17.9. The van der Waals surface area contributed by atoms with E-state index in [0.717, 1.165) is 5.56 Å². The molecule has 0 spiro atoms. The molecule has 0 aliphatic carbocycles. The van der Waals surface area contributed by atoms with Crippen LogP contribution in [0, 0.1) is 11.3 Å². The third-order valence-electron chi connectivity index (χ3n) is 2.68. The Morgan fingerprint density at radius 2 is 1.58 bits per heavy atom. The van der Waals surface area contributed by atoms with E-state index >= 15 is 0 Å². The van der Waals surface area contributed by atoms with Crippen LogP contribution in [-0.4, -0.2) is 11.1 Å². The summed E-state index contributed by atoms with van der Waals surface area (Å²) in [5.74, 6) is -1.04. The van der Waals surface area contributed by atoms with E-state index in [1.807, 2.05) is 30.3 Å². The zero-order valence-corrected chi connectivity index (χ0v) is 10.1. The molecule has 0 atom stereocenters. The quantitative estimate of drug-likeness (QED) is 0.669. The number of benzene rings is 2. The lowest BCUT2D eigenvalue weighted by molar-refractivity contribution is 0.0696. The highest BCUT2D eigenvalue weighted by molar-refractivity contribution is 6.00. The van der Waals surface area contributed by atoms with Gasteiger partial charge in [0.05, 0.1) is 17.2 Å². The Kier molecular flexibility index (Phi) is 3.75. The molecule has 0 amide bonds. The number of carbonyl (C=O) groups is 1. The predicted molar refractivity (Wildman–Crippen MR) is 73.3 cm³/mol. The average molecular weight is 249 g/mol. The number of rotatable bonds is 3. The van der Waals surface area contributed by atoms with E-state index in [9.17, 15) is 10.1 Å². The first-order chi connectivity index (χ1) is 9.22. The van der Waals surface area contributed by atoms with Gasteiger partial charge in [0, 0.05) is 5.56 Å². The fourth-order valence-electron chi connectivity index (χ4n) is 1.79. The highest BCUT2D eigenvalue weighted by Crippen LogP contribution is 2.21. The van der Waals surface area contributed by atoms with E-state index in [0.29, 0.717) is 11.1 Å². The first-order valence-electron chi connectivity index (χ1n) is 5.72. The van der Waals surface area contributed by atoms with E-state index in [1.165, 1.54) is 6.07 Å². The van der Waals surface area contributed by atoms with Gasteiger partial charge in [0.1, 0.15) is 0 Å². The van der Waals surface area contributed by atoms with Gasteiger partial charge in [-0.1, -0.05) is 48.5 Å². The van der Waals surface area contributed by atoms with Gasteiger partial charge in [0.15, 0.2) is 0 Å². The van der Waals surface area contributed by atoms with Crippen molar-refractivity contribution in [2.45, 2.75) is 0 Å². The number of allylic oxidation sites excluding steroid dienone is 1. The Balaban J connectivity index is 2.53. The lowest BCUT2D eigenvalue weighted by atomic mass is 9.98. The van der Waals surface area contributed by atoms with Gasteiger partial charge in [-0.05, 0) is 17.7 Å². The van der Waals surface area contributed by atoms with Gasteiger partial charge in [-0.3, -0.25) is 0 Å². The zero-order valence-electron chi connectivity index (χ0n) is 10.1. The minimum atomic E-state index is -1.04. The third kappa shape index (κ3) is 2.88. The van der Waals surface area contributed by atoms with Gasteiger partial charge in [-0.25, -0.2) is 4.79 Å². The van der Waals surface area contributed by atoms with Crippen LogP contribution in [0.2, 0.25) is 0 Å². The minimum Gasteiger partial charge on any atom is -0.478 e. The van der Waals surface area contributed by atoms with E-state index in [-0.39, 0.29) is 5.56 Å². The highest BCUT2D eigenvalue weighted by Gasteiger charge is 2.12. The molecule has 3 nitrogen and oxygen atoms in total. The van der Waals surface area contributed by atoms with Crippen LogP contribution in [0.4, 0.5) is 0 Å². The summed E-state index contributed by atoms with van der Waals surface area (Å²) >= 11 is 0. The van der Waals surface area contributed by atoms with E-state index < -0.39 is 5.97 Å². The summed E-state index contributed by atoms with van der Waals surface area (Å²) < 4.78 is 0. The van der Waals surface area contributed by atoms with Crippen LogP contribution in [0.5, 0.6) is 0 Å². The van der Waals surface area contributed by atoms with Crippen LogP contribution < -0.4 is 0 Å². The van der Waals surface area contributed by atoms with Gasteiger partial charge in [-0.2, -0.15) is 5.26 Å². The van der Waals surface area contributed by atoms with Crippen molar-refractivity contribution in [2.75, 3.05) is 0 Å². The normalized spacial score (nSPS) is 10.8. The molecule has 0 radical (unpaired) electrons. The maximum absolute atomic E-state index is 11.2. The van der Waals surface area contributed by atoms with Crippen LogP contribution in [0.15, 0.2) is 54.6 Å². The van der Waals surface area contributed by atoms with Crippen molar-refractivity contribution in [2.24, 2.45) is 0 Å². The SMILES string of the molecule is N#C/C(=C/c1ccccc1)c1ccccc1C(=O)O. The largest absolute Gasteiger partial charge is 0.478 e. The van der Waals surface area contributed by atoms with Gasteiger partial charge in [-0.15, -0.1) is 0 Å². The molecule has 0 unspecified atom stereocenters. The monoisotopic (exact) mass is 249 g/mol. The number of hydrogen-bond donors (Lipinski definition) is 1. The van der Waals surface area contributed by atoms with Crippen molar-refractivity contribution >= 4 is 17.6 Å². The summed E-state index contributed by atoms with van der Waals surface area (Å²) in [5, 5.41) is 18.4. The van der Waals surface area contributed by atoms with E-state index in [1.54, 1.807) is 24.3 Å². The fourth-order valence-corrected chi connectivity index (χ4v) is 1.79. The van der Waals surface area contributed by atoms with Gasteiger partial charge >= 0.3 is 5.97 Å². The zero-order chi connectivity index (χ0) is 13.7. The van der Waals surface area contributed by atoms with Crippen molar-refractivity contribution in [3.05, 3.63) is 71.3 Å². The molecule has 0 aliphatic rings. The van der Waals surface area contributed by atoms with Gasteiger partial charge in [0.25, 0.3) is 0 Å². The summed E-state index contributed by atoms with van der Waals surface area (Å²) in [7, 11) is 0. The van der Waals surface area contributed by atoms with Crippen LogP contribution in [0.1, 0.15) is 21.5 Å². The Labute approximate surface area is 111 Å². The number of nitrogens with zero attached hydrogens (tertiary/aromatic N) is 1. The van der Waals surface area contributed by atoms with Crippen LogP contribution in [-0.2, 0) is 0 Å². The molecule has 0 saturated carbocycles. The lowest BCUT2D eigenvalue weighted by Gasteiger charge is -2.04. The van der Waals surface area contributed by atoms with Crippen LogP contribution in [0.3, 0.4) is 0 Å². The van der Waals surface area contributed by atoms with Gasteiger partial charge < -0.3 is 5.11 Å². The summed E-state index contributed by atoms with van der Waals surface area (Å²) in [4.78, 5) is 11.2. The maximum Gasteiger partial charge on any atom is 0.336 e. The number of carboxylic acid groups (broad SMARTS) is 1. The summed E-state index contributed by atoms with van der Waals surface area (Å²) in [5.41, 5.74) is 1.76. The average Bonchev–Trinajstić information content (AvgIpc) is 2.46. The number of hydrogen-bond acceptors (Lipinski definition) is 2. The molecule has 2 aromatic rings. The molecule has 92 valence electrons. The number of aromatic carboxylic acids is 1. The van der Waals surface area contributed by atoms with Crippen molar-refractivity contribution in [1.82, 2.24) is 0 Å². The lowest BCUT2D eigenvalue weighted by Crippen LogP contribution is -2.01. The molecule has 3 heteroatoms. The molecular weight excluding hydrogens is 238 g/mol. The molecule has 0 fully saturated rings. The third-order valence-corrected chi connectivity index (χ3v) is 2.68. The topological polar surface area (TPSA) is 61.1 Å². The molecule has 0 heterocycles. The van der Waals surface area contributed by atoms with Crippen molar-refractivity contribution in [3.63, 3.8) is 0 Å². The second-order valence-electron chi connectivity index (χ2n) is 3.93. The Morgan fingerprint density at radius 3 is 2.16 bits per heavy atom.